The first-order valence-corrected chi connectivity index (χ1v) is 9.33. The molecule has 3 rings (SSSR count). The molecule has 0 bridgehead atoms. The maximum Gasteiger partial charge on any atom is 0.194 e. The van der Waals surface area contributed by atoms with Crippen molar-refractivity contribution in [2.24, 2.45) is 0 Å². The molecule has 0 aliphatic carbocycles. The monoisotopic (exact) mass is 336 g/mol. The fourth-order valence-electron chi connectivity index (χ4n) is 2.26. The van der Waals surface area contributed by atoms with Gasteiger partial charge in [-0.2, -0.15) is 0 Å². The van der Waals surface area contributed by atoms with Crippen LogP contribution in [0.25, 0.3) is 0 Å². The summed E-state index contributed by atoms with van der Waals surface area (Å²) in [6, 6.07) is 25.7. The fourth-order valence-corrected chi connectivity index (χ4v) is 3.63. The molecule has 0 unspecified atom stereocenters. The number of thioether (sulfide) groups is 1. The van der Waals surface area contributed by atoms with E-state index in [0.717, 1.165) is 25.8 Å². The van der Waals surface area contributed by atoms with E-state index in [0.29, 0.717) is 0 Å². The summed E-state index contributed by atoms with van der Waals surface area (Å²) < 4.78 is 0. The molecule has 0 amide bonds. The van der Waals surface area contributed by atoms with E-state index in [1.54, 1.807) is 23.5 Å². The van der Waals surface area contributed by atoms with E-state index < -0.39 is 0 Å². The average Bonchev–Trinajstić information content (AvgIpc) is 2.62. The van der Waals surface area contributed by atoms with E-state index in [1.807, 2.05) is 73.0 Å². The first-order valence-electron chi connectivity index (χ1n) is 7.28. The van der Waals surface area contributed by atoms with Gasteiger partial charge in [-0.05, 0) is 54.8 Å². The molecule has 0 aliphatic rings. The Bertz CT molecular complexity index is 795. The van der Waals surface area contributed by atoms with Gasteiger partial charge in [0, 0.05) is 25.8 Å². The van der Waals surface area contributed by atoms with Crippen molar-refractivity contribution in [1.29, 1.82) is 0 Å². The minimum absolute atomic E-state index is 0.0664. The summed E-state index contributed by atoms with van der Waals surface area (Å²) in [5.41, 5.74) is 1.47. The highest BCUT2D eigenvalue weighted by Gasteiger charge is 2.14. The SMILES string of the molecule is CSc1ccc(C(=O)c2ccccc2Sc2ccccc2)cc1. The van der Waals surface area contributed by atoms with E-state index in [1.165, 1.54) is 0 Å². The highest BCUT2D eigenvalue weighted by Crippen LogP contribution is 2.31. The summed E-state index contributed by atoms with van der Waals surface area (Å²) in [6.07, 6.45) is 2.03. The Balaban J connectivity index is 1.91. The smallest absolute Gasteiger partial charge is 0.194 e. The van der Waals surface area contributed by atoms with Crippen LogP contribution in [0.3, 0.4) is 0 Å². The molecule has 0 aromatic heterocycles. The van der Waals surface area contributed by atoms with E-state index in [2.05, 4.69) is 12.1 Å². The third-order valence-electron chi connectivity index (χ3n) is 3.45. The van der Waals surface area contributed by atoms with Gasteiger partial charge in [-0.1, -0.05) is 42.1 Å². The maximum absolute atomic E-state index is 12.8. The van der Waals surface area contributed by atoms with Crippen LogP contribution in [0.4, 0.5) is 0 Å². The molecule has 3 aromatic carbocycles. The molecule has 0 saturated heterocycles. The molecule has 0 N–H and O–H groups in total. The molecule has 23 heavy (non-hydrogen) atoms. The Hall–Kier alpha value is -1.97. The molecule has 3 aromatic rings. The minimum atomic E-state index is 0.0664. The van der Waals surface area contributed by atoms with Crippen LogP contribution in [0.15, 0.2) is 93.5 Å². The number of hydrogen-bond acceptors (Lipinski definition) is 3. The van der Waals surface area contributed by atoms with Crippen LogP contribution in [0, 0.1) is 0 Å². The lowest BCUT2D eigenvalue weighted by molar-refractivity contribution is 0.103. The summed E-state index contributed by atoms with van der Waals surface area (Å²) >= 11 is 3.29. The summed E-state index contributed by atoms with van der Waals surface area (Å²) in [6.45, 7) is 0. The molecule has 0 heterocycles. The van der Waals surface area contributed by atoms with E-state index in [9.17, 15) is 4.79 Å². The van der Waals surface area contributed by atoms with Crippen molar-refractivity contribution in [2.75, 3.05) is 6.26 Å². The number of ketones is 1. The van der Waals surface area contributed by atoms with E-state index >= 15 is 0 Å². The lowest BCUT2D eigenvalue weighted by Gasteiger charge is -2.09. The van der Waals surface area contributed by atoms with E-state index in [4.69, 9.17) is 0 Å². The van der Waals surface area contributed by atoms with Gasteiger partial charge in [0.05, 0.1) is 0 Å². The van der Waals surface area contributed by atoms with Gasteiger partial charge in [0.15, 0.2) is 5.78 Å². The number of carbonyl (C=O) groups excluding carboxylic acids is 1. The molecule has 114 valence electrons. The molecule has 0 fully saturated rings. The molecule has 3 heteroatoms. The van der Waals surface area contributed by atoms with Crippen LogP contribution < -0.4 is 0 Å². The predicted molar refractivity (Wildman–Crippen MR) is 98.7 cm³/mol. The zero-order valence-corrected chi connectivity index (χ0v) is 14.4. The number of hydrogen-bond donors (Lipinski definition) is 0. The predicted octanol–water partition coefficient (Wildman–Crippen LogP) is 5.79. The van der Waals surface area contributed by atoms with Gasteiger partial charge in [0.1, 0.15) is 0 Å². The first kappa shape index (κ1) is 15.9. The van der Waals surface area contributed by atoms with Gasteiger partial charge in [-0.15, -0.1) is 11.8 Å². The zero-order chi connectivity index (χ0) is 16.1. The minimum Gasteiger partial charge on any atom is -0.289 e. The van der Waals surface area contributed by atoms with Crippen molar-refractivity contribution in [1.82, 2.24) is 0 Å². The Morgan fingerprint density at radius 2 is 1.39 bits per heavy atom. The van der Waals surface area contributed by atoms with Crippen molar-refractivity contribution in [3.05, 3.63) is 90.0 Å². The molecular weight excluding hydrogens is 320 g/mol. The number of rotatable bonds is 5. The Kier molecular flexibility index (Phi) is 5.21. The zero-order valence-electron chi connectivity index (χ0n) is 12.7. The molecule has 1 nitrogen and oxygen atoms in total. The number of benzene rings is 3. The molecule has 0 saturated carbocycles. The van der Waals surface area contributed by atoms with Gasteiger partial charge in [-0.25, -0.2) is 0 Å². The summed E-state index contributed by atoms with van der Waals surface area (Å²) in [4.78, 5) is 16.1. The van der Waals surface area contributed by atoms with Gasteiger partial charge in [0.25, 0.3) is 0 Å². The number of carbonyl (C=O) groups is 1. The van der Waals surface area contributed by atoms with Crippen molar-refractivity contribution < 1.29 is 4.79 Å². The van der Waals surface area contributed by atoms with Crippen molar-refractivity contribution in [3.8, 4) is 0 Å². The van der Waals surface area contributed by atoms with Crippen molar-refractivity contribution >= 4 is 29.3 Å². The molecule has 0 aliphatic heterocycles. The Labute approximate surface area is 145 Å². The molecular formula is C20H16OS2. The lowest BCUT2D eigenvalue weighted by Crippen LogP contribution is -2.02. The molecule has 0 spiro atoms. The van der Waals surface area contributed by atoms with Crippen molar-refractivity contribution in [3.63, 3.8) is 0 Å². The molecule has 0 atom stereocenters. The fraction of sp³-hybridized carbons (Fsp3) is 0.0500. The standard InChI is InChI=1S/C20H16OS2/c1-22-16-13-11-15(12-14-16)20(21)18-9-5-6-10-19(18)23-17-7-3-2-4-8-17/h2-14H,1H3. The third kappa shape index (κ3) is 3.87. The van der Waals surface area contributed by atoms with Crippen LogP contribution in [0.2, 0.25) is 0 Å². The average molecular weight is 336 g/mol. The van der Waals surface area contributed by atoms with Crippen LogP contribution in [0.1, 0.15) is 15.9 Å². The van der Waals surface area contributed by atoms with Crippen molar-refractivity contribution in [2.45, 2.75) is 14.7 Å². The van der Waals surface area contributed by atoms with Gasteiger partial charge in [0.2, 0.25) is 0 Å². The lowest BCUT2D eigenvalue weighted by atomic mass is 10.0. The summed E-state index contributed by atoms with van der Waals surface area (Å²) in [5.74, 6) is 0.0664. The van der Waals surface area contributed by atoms with Crippen LogP contribution in [0.5, 0.6) is 0 Å². The van der Waals surface area contributed by atoms with Gasteiger partial charge >= 0.3 is 0 Å². The second-order valence-corrected chi connectivity index (χ2v) is 6.96. The Morgan fingerprint density at radius 1 is 0.739 bits per heavy atom. The Morgan fingerprint density at radius 3 is 2.09 bits per heavy atom. The summed E-state index contributed by atoms with van der Waals surface area (Å²) in [7, 11) is 0. The largest absolute Gasteiger partial charge is 0.289 e. The van der Waals surface area contributed by atoms with Crippen LogP contribution >= 0.6 is 23.5 Å². The first-order chi connectivity index (χ1) is 11.3. The normalized spacial score (nSPS) is 10.5. The maximum atomic E-state index is 12.8. The highest BCUT2D eigenvalue weighted by atomic mass is 32.2. The second kappa shape index (κ2) is 7.53. The second-order valence-electron chi connectivity index (χ2n) is 4.97. The quantitative estimate of drug-likeness (QED) is 0.433. The van der Waals surface area contributed by atoms with E-state index in [-0.39, 0.29) is 5.78 Å². The van der Waals surface area contributed by atoms with Crippen LogP contribution in [-0.2, 0) is 0 Å². The molecule has 0 radical (unpaired) electrons. The van der Waals surface area contributed by atoms with Crippen LogP contribution in [-0.4, -0.2) is 12.0 Å². The van der Waals surface area contributed by atoms with Gasteiger partial charge in [-0.3, -0.25) is 4.79 Å². The topological polar surface area (TPSA) is 17.1 Å². The third-order valence-corrected chi connectivity index (χ3v) is 5.28. The van der Waals surface area contributed by atoms with Gasteiger partial charge < -0.3 is 0 Å². The summed E-state index contributed by atoms with van der Waals surface area (Å²) in [5, 5.41) is 0. The highest BCUT2D eigenvalue weighted by molar-refractivity contribution is 7.99.